The van der Waals surface area contributed by atoms with Gasteiger partial charge in [0.25, 0.3) is 0 Å². The summed E-state index contributed by atoms with van der Waals surface area (Å²) in [6, 6.07) is 4.05. The van der Waals surface area contributed by atoms with Crippen molar-refractivity contribution >= 4 is 28.8 Å². The lowest BCUT2D eigenvalue weighted by atomic mass is 10.0. The van der Waals surface area contributed by atoms with Gasteiger partial charge in [-0.2, -0.15) is 0 Å². The molecule has 3 heterocycles. The van der Waals surface area contributed by atoms with Crippen molar-refractivity contribution in [2.75, 3.05) is 32.8 Å². The Hall–Kier alpha value is -0.620. The highest BCUT2D eigenvalue weighted by Gasteiger charge is 2.23. The van der Waals surface area contributed by atoms with Crippen LogP contribution < -0.4 is 0 Å². The number of carbonyl (C=O) groups is 1. The number of hydrogen-bond acceptors (Lipinski definition) is 4. The number of halogens is 1. The molecule has 0 saturated carbocycles. The molecule has 23 heavy (non-hydrogen) atoms. The maximum absolute atomic E-state index is 12.3. The summed E-state index contributed by atoms with van der Waals surface area (Å²) in [4.78, 5) is 18.1. The van der Waals surface area contributed by atoms with E-state index >= 15 is 0 Å². The predicted molar refractivity (Wildman–Crippen MR) is 94.0 cm³/mol. The second kappa shape index (κ2) is 8.47. The predicted octanol–water partition coefficient (Wildman–Crippen LogP) is 3.40. The van der Waals surface area contributed by atoms with Gasteiger partial charge in [0.1, 0.15) is 0 Å². The summed E-state index contributed by atoms with van der Waals surface area (Å²) < 4.78 is 6.56. The molecule has 1 aromatic rings. The van der Waals surface area contributed by atoms with E-state index in [4.69, 9.17) is 16.3 Å². The molecule has 2 saturated heterocycles. The van der Waals surface area contributed by atoms with Crippen LogP contribution >= 0.6 is 22.9 Å². The quantitative estimate of drug-likeness (QED) is 0.810. The second-order valence-electron chi connectivity index (χ2n) is 6.39. The molecule has 3 rings (SSSR count). The number of amides is 1. The fraction of sp³-hybridized carbons (Fsp3) is 0.706. The SMILES string of the molecule is O=C(CCC1CCCCO1)N1CCN(Cc2ccc(Cl)s2)CC1. The standard InChI is InChI=1S/C17H25ClN2O2S/c18-16-6-5-15(23-16)13-19-8-10-20(11-9-19)17(21)7-4-14-3-1-2-12-22-14/h5-6,14H,1-4,7-13H2. The molecule has 0 N–H and O–H groups in total. The molecule has 0 aromatic carbocycles. The summed E-state index contributed by atoms with van der Waals surface area (Å²) in [5.41, 5.74) is 0. The molecule has 0 spiro atoms. The Morgan fingerprint density at radius 1 is 1.26 bits per heavy atom. The summed E-state index contributed by atoms with van der Waals surface area (Å²) >= 11 is 7.62. The van der Waals surface area contributed by atoms with Crippen molar-refractivity contribution in [3.05, 3.63) is 21.3 Å². The van der Waals surface area contributed by atoms with Crippen molar-refractivity contribution in [3.63, 3.8) is 0 Å². The van der Waals surface area contributed by atoms with E-state index in [1.807, 2.05) is 11.0 Å². The van der Waals surface area contributed by atoms with Gasteiger partial charge in [0.2, 0.25) is 5.91 Å². The molecule has 1 unspecified atom stereocenters. The van der Waals surface area contributed by atoms with Crippen LogP contribution in [0.5, 0.6) is 0 Å². The fourth-order valence-electron chi connectivity index (χ4n) is 3.29. The van der Waals surface area contributed by atoms with Gasteiger partial charge in [0, 0.05) is 50.6 Å². The van der Waals surface area contributed by atoms with E-state index in [0.29, 0.717) is 12.5 Å². The van der Waals surface area contributed by atoms with Crippen LogP contribution in [-0.4, -0.2) is 54.6 Å². The highest BCUT2D eigenvalue weighted by Crippen LogP contribution is 2.23. The molecule has 1 amide bonds. The Bertz CT molecular complexity index is 508. The first-order valence-electron chi connectivity index (χ1n) is 8.56. The third kappa shape index (κ3) is 5.18. The Labute approximate surface area is 147 Å². The van der Waals surface area contributed by atoms with Gasteiger partial charge in [-0.25, -0.2) is 0 Å². The summed E-state index contributed by atoms with van der Waals surface area (Å²) in [6.07, 6.45) is 5.34. The maximum Gasteiger partial charge on any atom is 0.222 e. The Morgan fingerprint density at radius 3 is 2.74 bits per heavy atom. The van der Waals surface area contributed by atoms with E-state index < -0.39 is 0 Å². The molecule has 1 aromatic heterocycles. The van der Waals surface area contributed by atoms with Crippen molar-refractivity contribution in [3.8, 4) is 0 Å². The average Bonchev–Trinajstić information content (AvgIpc) is 2.99. The second-order valence-corrected chi connectivity index (χ2v) is 8.19. The van der Waals surface area contributed by atoms with Crippen LogP contribution in [0.15, 0.2) is 12.1 Å². The summed E-state index contributed by atoms with van der Waals surface area (Å²) in [5.74, 6) is 0.290. The molecule has 6 heteroatoms. The van der Waals surface area contributed by atoms with Gasteiger partial charge < -0.3 is 9.64 Å². The minimum Gasteiger partial charge on any atom is -0.378 e. The average molecular weight is 357 g/mol. The molecule has 1 atom stereocenters. The smallest absolute Gasteiger partial charge is 0.222 e. The third-order valence-corrected chi connectivity index (χ3v) is 5.90. The number of hydrogen-bond donors (Lipinski definition) is 0. The van der Waals surface area contributed by atoms with Crippen LogP contribution in [0.2, 0.25) is 4.34 Å². The van der Waals surface area contributed by atoms with Crippen LogP contribution in [0.25, 0.3) is 0 Å². The Kier molecular flexibility index (Phi) is 6.34. The first-order chi connectivity index (χ1) is 11.2. The van der Waals surface area contributed by atoms with Gasteiger partial charge in [0.15, 0.2) is 0 Å². The van der Waals surface area contributed by atoms with E-state index in [1.165, 1.54) is 17.7 Å². The van der Waals surface area contributed by atoms with Crippen LogP contribution in [0.1, 0.15) is 37.0 Å². The molecule has 2 aliphatic rings. The summed E-state index contributed by atoms with van der Waals surface area (Å²) in [5, 5.41) is 0. The molecule has 0 bridgehead atoms. The molecule has 2 fully saturated rings. The number of carbonyl (C=O) groups excluding carboxylic acids is 1. The van der Waals surface area contributed by atoms with E-state index in [2.05, 4.69) is 11.0 Å². The van der Waals surface area contributed by atoms with Gasteiger partial charge in [-0.05, 0) is 37.8 Å². The zero-order valence-corrected chi connectivity index (χ0v) is 15.1. The van der Waals surface area contributed by atoms with Crippen LogP contribution in [0.3, 0.4) is 0 Å². The number of nitrogens with zero attached hydrogens (tertiary/aromatic N) is 2. The van der Waals surface area contributed by atoms with Crippen molar-refractivity contribution in [1.29, 1.82) is 0 Å². The van der Waals surface area contributed by atoms with Crippen molar-refractivity contribution in [1.82, 2.24) is 9.80 Å². The first kappa shape index (κ1) is 17.2. The zero-order chi connectivity index (χ0) is 16.1. The van der Waals surface area contributed by atoms with Crippen molar-refractivity contribution in [2.24, 2.45) is 0 Å². The zero-order valence-electron chi connectivity index (χ0n) is 13.5. The number of thiophene rings is 1. The molecule has 128 valence electrons. The Balaban J connectivity index is 1.37. The molecular weight excluding hydrogens is 332 g/mol. The fourth-order valence-corrected chi connectivity index (χ4v) is 4.42. The van der Waals surface area contributed by atoms with Crippen molar-refractivity contribution in [2.45, 2.75) is 44.8 Å². The largest absolute Gasteiger partial charge is 0.378 e. The number of piperazine rings is 1. The molecular formula is C17H25ClN2O2S. The lowest BCUT2D eigenvalue weighted by molar-refractivity contribution is -0.134. The van der Waals surface area contributed by atoms with E-state index in [0.717, 1.165) is 56.5 Å². The molecule has 2 aliphatic heterocycles. The van der Waals surface area contributed by atoms with Gasteiger partial charge in [-0.15, -0.1) is 11.3 Å². The van der Waals surface area contributed by atoms with E-state index in [1.54, 1.807) is 11.3 Å². The van der Waals surface area contributed by atoms with Gasteiger partial charge in [0.05, 0.1) is 10.4 Å². The highest BCUT2D eigenvalue weighted by molar-refractivity contribution is 7.16. The Morgan fingerprint density at radius 2 is 2.09 bits per heavy atom. The summed E-state index contributed by atoms with van der Waals surface area (Å²) in [7, 11) is 0. The van der Waals surface area contributed by atoms with Crippen LogP contribution in [-0.2, 0) is 16.1 Å². The van der Waals surface area contributed by atoms with Gasteiger partial charge in [-0.1, -0.05) is 11.6 Å². The minimum atomic E-state index is 0.290. The van der Waals surface area contributed by atoms with Crippen LogP contribution in [0.4, 0.5) is 0 Å². The van der Waals surface area contributed by atoms with Crippen LogP contribution in [0, 0.1) is 0 Å². The van der Waals surface area contributed by atoms with Gasteiger partial charge in [-0.3, -0.25) is 9.69 Å². The number of ether oxygens (including phenoxy) is 1. The lowest BCUT2D eigenvalue weighted by Gasteiger charge is -2.35. The van der Waals surface area contributed by atoms with E-state index in [-0.39, 0.29) is 5.91 Å². The maximum atomic E-state index is 12.3. The monoisotopic (exact) mass is 356 g/mol. The molecule has 4 nitrogen and oxygen atoms in total. The summed E-state index contributed by atoms with van der Waals surface area (Å²) in [6.45, 7) is 5.37. The minimum absolute atomic E-state index is 0.290. The lowest BCUT2D eigenvalue weighted by Crippen LogP contribution is -2.48. The topological polar surface area (TPSA) is 32.8 Å². The molecule has 0 radical (unpaired) electrons. The molecule has 0 aliphatic carbocycles. The highest BCUT2D eigenvalue weighted by atomic mass is 35.5. The van der Waals surface area contributed by atoms with E-state index in [9.17, 15) is 4.79 Å². The normalized spacial score (nSPS) is 23.2. The first-order valence-corrected chi connectivity index (χ1v) is 9.76. The number of rotatable bonds is 5. The third-order valence-electron chi connectivity index (χ3n) is 4.69. The van der Waals surface area contributed by atoms with Gasteiger partial charge >= 0.3 is 0 Å². The van der Waals surface area contributed by atoms with Crippen molar-refractivity contribution < 1.29 is 9.53 Å².